The van der Waals surface area contributed by atoms with Crippen LogP contribution in [-0.2, 0) is 4.79 Å². The van der Waals surface area contributed by atoms with Crippen molar-refractivity contribution in [3.63, 3.8) is 0 Å². The van der Waals surface area contributed by atoms with E-state index in [-0.39, 0.29) is 43.1 Å². The summed E-state index contributed by atoms with van der Waals surface area (Å²) in [5.41, 5.74) is 1.31. The van der Waals surface area contributed by atoms with Crippen LogP contribution in [0.15, 0.2) is 30.3 Å². The van der Waals surface area contributed by atoms with E-state index in [1.165, 1.54) is 5.69 Å². The minimum atomic E-state index is 0. The molecule has 0 unspecified atom stereocenters. The van der Waals surface area contributed by atoms with Crippen LogP contribution in [0, 0.1) is 0 Å². The number of para-hydroxylation sites is 1. The highest BCUT2D eigenvalue weighted by molar-refractivity contribution is 5.86. The number of anilines is 1. The summed E-state index contributed by atoms with van der Waals surface area (Å²) in [4.78, 5) is 18.8. The van der Waals surface area contributed by atoms with E-state index in [4.69, 9.17) is 0 Å². The Morgan fingerprint density at radius 2 is 1.69 bits per heavy atom. The van der Waals surface area contributed by atoms with Crippen molar-refractivity contribution >= 4 is 48.8 Å². The largest absolute Gasteiger partial charge is 0.369 e. The fourth-order valence-corrected chi connectivity index (χ4v) is 2.89. The van der Waals surface area contributed by atoms with Crippen LogP contribution in [0.25, 0.3) is 0 Å². The van der Waals surface area contributed by atoms with Gasteiger partial charge in [-0.25, -0.2) is 0 Å². The van der Waals surface area contributed by atoms with Crippen molar-refractivity contribution in [1.29, 1.82) is 0 Å². The Morgan fingerprint density at radius 3 is 2.27 bits per heavy atom. The second-order valence-corrected chi connectivity index (χ2v) is 6.19. The summed E-state index contributed by atoms with van der Waals surface area (Å²) in [5, 5.41) is 3.08. The number of piperazine rings is 1. The van der Waals surface area contributed by atoms with E-state index in [1.54, 1.807) is 0 Å². The van der Waals surface area contributed by atoms with Gasteiger partial charge in [-0.1, -0.05) is 18.2 Å². The van der Waals surface area contributed by atoms with Crippen LogP contribution in [-0.4, -0.2) is 75.6 Å². The smallest absolute Gasteiger partial charge is 0.222 e. The van der Waals surface area contributed by atoms with Crippen LogP contribution in [0.1, 0.15) is 12.8 Å². The van der Waals surface area contributed by atoms with Gasteiger partial charge in [0.25, 0.3) is 0 Å². The number of nitrogens with one attached hydrogen (secondary N) is 1. The second-order valence-electron chi connectivity index (χ2n) is 6.19. The van der Waals surface area contributed by atoms with Crippen LogP contribution in [0.5, 0.6) is 0 Å². The van der Waals surface area contributed by atoms with E-state index in [0.29, 0.717) is 6.42 Å². The minimum absolute atomic E-state index is 0. The SMILES string of the molecule is CNCCCC(=O)N(C)CCN1CCN(c2ccccc2)CC1.Cl.Cl.Cl. The molecule has 0 radical (unpaired) electrons. The van der Waals surface area contributed by atoms with Gasteiger partial charge in [-0.05, 0) is 32.1 Å². The third kappa shape index (κ3) is 9.28. The second kappa shape index (κ2) is 15.3. The molecular formula is C18H33Cl3N4O. The number of carbonyl (C=O) groups excluding carboxylic acids is 1. The van der Waals surface area contributed by atoms with Crippen molar-refractivity contribution in [2.75, 3.05) is 64.8 Å². The van der Waals surface area contributed by atoms with Crippen molar-refractivity contribution in [2.24, 2.45) is 0 Å². The van der Waals surface area contributed by atoms with Gasteiger partial charge in [-0.3, -0.25) is 9.69 Å². The van der Waals surface area contributed by atoms with Crippen molar-refractivity contribution < 1.29 is 4.79 Å². The molecule has 26 heavy (non-hydrogen) atoms. The minimum Gasteiger partial charge on any atom is -0.369 e. The summed E-state index contributed by atoms with van der Waals surface area (Å²) >= 11 is 0. The molecular weight excluding hydrogens is 395 g/mol. The molecule has 0 aromatic heterocycles. The van der Waals surface area contributed by atoms with Gasteiger partial charge in [0.15, 0.2) is 0 Å². The van der Waals surface area contributed by atoms with Crippen molar-refractivity contribution in [3.8, 4) is 0 Å². The molecule has 1 heterocycles. The molecule has 1 N–H and O–H groups in total. The standard InChI is InChI=1S/C18H30N4O.3ClH/c1-19-10-6-9-18(23)20(2)11-12-21-13-15-22(16-14-21)17-7-4-3-5-8-17;;;/h3-5,7-8,19H,6,9-16H2,1-2H3;3*1H. The van der Waals surface area contributed by atoms with Gasteiger partial charge < -0.3 is 15.1 Å². The van der Waals surface area contributed by atoms with Gasteiger partial charge >= 0.3 is 0 Å². The van der Waals surface area contributed by atoms with Crippen molar-refractivity contribution in [3.05, 3.63) is 30.3 Å². The Kier molecular flexibility index (Phi) is 16.2. The van der Waals surface area contributed by atoms with Gasteiger partial charge in [0.1, 0.15) is 0 Å². The first-order valence-corrected chi connectivity index (χ1v) is 8.61. The molecule has 0 saturated carbocycles. The Balaban J connectivity index is 0. The third-order valence-electron chi connectivity index (χ3n) is 4.49. The predicted molar refractivity (Wildman–Crippen MR) is 118 cm³/mol. The first-order chi connectivity index (χ1) is 11.2. The maximum Gasteiger partial charge on any atom is 0.222 e. The number of benzene rings is 1. The quantitative estimate of drug-likeness (QED) is 0.647. The van der Waals surface area contributed by atoms with Crippen LogP contribution in [0.2, 0.25) is 0 Å². The fraction of sp³-hybridized carbons (Fsp3) is 0.611. The molecule has 1 aromatic rings. The molecule has 2 rings (SSSR count). The molecule has 1 aliphatic heterocycles. The first kappa shape index (κ1) is 27.5. The summed E-state index contributed by atoms with van der Waals surface area (Å²) in [5.74, 6) is 0.253. The molecule has 0 bridgehead atoms. The van der Waals surface area contributed by atoms with Crippen LogP contribution >= 0.6 is 37.2 Å². The van der Waals surface area contributed by atoms with E-state index in [2.05, 4.69) is 45.4 Å². The average Bonchev–Trinajstić information content (AvgIpc) is 2.61. The molecule has 1 aliphatic rings. The Hall–Kier alpha value is -0.720. The monoisotopic (exact) mass is 426 g/mol. The Labute approximate surface area is 176 Å². The number of hydrogen-bond donors (Lipinski definition) is 1. The Bertz CT molecular complexity index is 471. The van der Waals surface area contributed by atoms with Gasteiger partial charge in [0, 0.05) is 58.4 Å². The molecule has 1 saturated heterocycles. The Morgan fingerprint density at radius 1 is 1.08 bits per heavy atom. The maximum absolute atomic E-state index is 12.0. The van der Waals surface area contributed by atoms with Crippen LogP contribution in [0.3, 0.4) is 0 Å². The number of halogens is 3. The predicted octanol–water partition coefficient (Wildman–Crippen LogP) is 2.53. The fourth-order valence-electron chi connectivity index (χ4n) is 2.89. The van der Waals surface area contributed by atoms with Crippen LogP contribution < -0.4 is 10.2 Å². The molecule has 0 atom stereocenters. The number of carbonyl (C=O) groups is 1. The molecule has 1 amide bonds. The zero-order valence-electron chi connectivity index (χ0n) is 15.7. The van der Waals surface area contributed by atoms with E-state index in [0.717, 1.165) is 52.2 Å². The number of likely N-dealkylation sites (N-methyl/N-ethyl adjacent to an activating group) is 1. The number of hydrogen-bond acceptors (Lipinski definition) is 4. The van der Waals surface area contributed by atoms with E-state index in [9.17, 15) is 4.79 Å². The van der Waals surface area contributed by atoms with Gasteiger partial charge in [0.2, 0.25) is 5.91 Å². The summed E-state index contributed by atoms with van der Waals surface area (Å²) in [6.07, 6.45) is 1.55. The van der Waals surface area contributed by atoms with E-state index in [1.807, 2.05) is 19.0 Å². The lowest BCUT2D eigenvalue weighted by Gasteiger charge is -2.36. The van der Waals surface area contributed by atoms with E-state index >= 15 is 0 Å². The van der Waals surface area contributed by atoms with Gasteiger partial charge in [0.05, 0.1) is 0 Å². The molecule has 5 nitrogen and oxygen atoms in total. The van der Waals surface area contributed by atoms with E-state index < -0.39 is 0 Å². The topological polar surface area (TPSA) is 38.8 Å². The number of amides is 1. The van der Waals surface area contributed by atoms with Crippen LogP contribution in [0.4, 0.5) is 5.69 Å². The molecule has 1 aromatic carbocycles. The summed E-state index contributed by atoms with van der Waals surface area (Å²) in [6, 6.07) is 10.6. The van der Waals surface area contributed by atoms with Crippen molar-refractivity contribution in [1.82, 2.24) is 15.1 Å². The molecule has 8 heteroatoms. The highest BCUT2D eigenvalue weighted by atomic mass is 35.5. The lowest BCUT2D eigenvalue weighted by atomic mass is 10.2. The summed E-state index contributed by atoms with van der Waals surface area (Å²) in [6.45, 7) is 6.95. The lowest BCUT2D eigenvalue weighted by molar-refractivity contribution is -0.130. The van der Waals surface area contributed by atoms with Crippen molar-refractivity contribution in [2.45, 2.75) is 12.8 Å². The highest BCUT2D eigenvalue weighted by Gasteiger charge is 2.17. The number of nitrogens with zero attached hydrogens (tertiary/aromatic N) is 3. The third-order valence-corrected chi connectivity index (χ3v) is 4.49. The van der Waals surface area contributed by atoms with Gasteiger partial charge in [-0.2, -0.15) is 0 Å². The first-order valence-electron chi connectivity index (χ1n) is 8.61. The van der Waals surface area contributed by atoms with Gasteiger partial charge in [-0.15, -0.1) is 37.2 Å². The molecule has 1 fully saturated rings. The summed E-state index contributed by atoms with van der Waals surface area (Å²) in [7, 11) is 3.84. The summed E-state index contributed by atoms with van der Waals surface area (Å²) < 4.78 is 0. The highest BCUT2D eigenvalue weighted by Crippen LogP contribution is 2.15. The zero-order chi connectivity index (χ0) is 16.5. The average molecular weight is 428 g/mol. The normalized spacial score (nSPS) is 13.8. The lowest BCUT2D eigenvalue weighted by Crippen LogP contribution is -2.48. The number of rotatable bonds is 8. The zero-order valence-corrected chi connectivity index (χ0v) is 18.2. The molecule has 152 valence electrons. The molecule has 0 aliphatic carbocycles. The maximum atomic E-state index is 12.0. The molecule has 0 spiro atoms.